The average Bonchev–Trinajstić information content (AvgIpc) is 2.04. The standard InChI is InChI=1S/C7H16N2O2S2/c8-3-5-13(10,11)9-7-2-1-4-12-6-7/h7,9H,1-6,8H2. The van der Waals surface area contributed by atoms with Crippen LogP contribution in [-0.4, -0.2) is 38.3 Å². The van der Waals surface area contributed by atoms with E-state index in [1.54, 1.807) is 11.8 Å². The third kappa shape index (κ3) is 4.30. The van der Waals surface area contributed by atoms with Crippen molar-refractivity contribution in [2.24, 2.45) is 5.73 Å². The highest BCUT2D eigenvalue weighted by Crippen LogP contribution is 2.17. The summed E-state index contributed by atoms with van der Waals surface area (Å²) in [7, 11) is -3.12. The van der Waals surface area contributed by atoms with Gasteiger partial charge in [-0.25, -0.2) is 13.1 Å². The molecule has 0 amide bonds. The van der Waals surface area contributed by atoms with Gasteiger partial charge in [0.15, 0.2) is 0 Å². The molecule has 1 rings (SSSR count). The lowest BCUT2D eigenvalue weighted by molar-refractivity contribution is 0.543. The van der Waals surface area contributed by atoms with Crippen LogP contribution < -0.4 is 10.5 Å². The minimum atomic E-state index is -3.12. The van der Waals surface area contributed by atoms with Crippen molar-refractivity contribution in [3.8, 4) is 0 Å². The molecule has 1 saturated heterocycles. The lowest BCUT2D eigenvalue weighted by Crippen LogP contribution is -2.40. The number of sulfonamides is 1. The molecule has 1 aliphatic heterocycles. The Morgan fingerprint density at radius 2 is 2.31 bits per heavy atom. The molecule has 0 aliphatic carbocycles. The zero-order valence-corrected chi connectivity index (χ0v) is 9.16. The van der Waals surface area contributed by atoms with Crippen molar-refractivity contribution in [3.05, 3.63) is 0 Å². The van der Waals surface area contributed by atoms with E-state index in [9.17, 15) is 8.42 Å². The van der Waals surface area contributed by atoms with Gasteiger partial charge in [-0.3, -0.25) is 0 Å². The smallest absolute Gasteiger partial charge is 0.213 e. The van der Waals surface area contributed by atoms with Crippen LogP contribution in [0.4, 0.5) is 0 Å². The molecular formula is C7H16N2O2S2. The van der Waals surface area contributed by atoms with Crippen molar-refractivity contribution < 1.29 is 8.42 Å². The Kier molecular flexibility index (Phi) is 4.51. The van der Waals surface area contributed by atoms with E-state index < -0.39 is 10.0 Å². The van der Waals surface area contributed by atoms with E-state index in [0.717, 1.165) is 24.3 Å². The number of hydrogen-bond donors (Lipinski definition) is 2. The molecule has 0 spiro atoms. The molecule has 6 heteroatoms. The highest BCUT2D eigenvalue weighted by atomic mass is 32.2. The molecule has 0 radical (unpaired) electrons. The predicted octanol–water partition coefficient (Wildman–Crippen LogP) is -0.240. The largest absolute Gasteiger partial charge is 0.329 e. The van der Waals surface area contributed by atoms with Gasteiger partial charge in [-0.05, 0) is 18.6 Å². The summed E-state index contributed by atoms with van der Waals surface area (Å²) in [6.07, 6.45) is 2.05. The SMILES string of the molecule is NCCS(=O)(=O)NC1CCCSC1. The molecule has 0 aromatic carbocycles. The van der Waals surface area contributed by atoms with E-state index >= 15 is 0 Å². The normalized spacial score (nSPS) is 24.5. The quantitative estimate of drug-likeness (QED) is 0.691. The molecule has 1 atom stereocenters. The summed E-state index contributed by atoms with van der Waals surface area (Å²) in [6, 6.07) is 0.121. The zero-order valence-electron chi connectivity index (χ0n) is 7.53. The Balaban J connectivity index is 2.37. The van der Waals surface area contributed by atoms with Crippen molar-refractivity contribution in [1.82, 2.24) is 4.72 Å². The van der Waals surface area contributed by atoms with Gasteiger partial charge in [0.25, 0.3) is 0 Å². The molecule has 1 aliphatic rings. The Hall–Kier alpha value is 0.220. The van der Waals surface area contributed by atoms with Gasteiger partial charge in [-0.15, -0.1) is 0 Å². The van der Waals surface area contributed by atoms with E-state index in [4.69, 9.17) is 5.73 Å². The van der Waals surface area contributed by atoms with E-state index in [1.807, 2.05) is 0 Å². The summed E-state index contributed by atoms with van der Waals surface area (Å²) in [5, 5.41) is 0. The molecule has 0 aromatic heterocycles. The van der Waals surface area contributed by atoms with E-state index in [0.29, 0.717) is 0 Å². The van der Waals surface area contributed by atoms with Crippen molar-refractivity contribution in [2.45, 2.75) is 18.9 Å². The molecule has 1 unspecified atom stereocenters. The zero-order chi connectivity index (χ0) is 9.73. The lowest BCUT2D eigenvalue weighted by Gasteiger charge is -2.22. The van der Waals surface area contributed by atoms with E-state index in [1.165, 1.54) is 0 Å². The molecule has 1 fully saturated rings. The maximum atomic E-state index is 11.3. The monoisotopic (exact) mass is 224 g/mol. The van der Waals surface area contributed by atoms with Crippen molar-refractivity contribution in [2.75, 3.05) is 23.8 Å². The number of nitrogens with one attached hydrogen (secondary N) is 1. The van der Waals surface area contributed by atoms with Crippen LogP contribution in [-0.2, 0) is 10.0 Å². The van der Waals surface area contributed by atoms with Crippen LogP contribution in [0.15, 0.2) is 0 Å². The van der Waals surface area contributed by atoms with Crippen LogP contribution >= 0.6 is 11.8 Å². The van der Waals surface area contributed by atoms with Crippen molar-refractivity contribution >= 4 is 21.8 Å². The molecule has 0 bridgehead atoms. The molecule has 13 heavy (non-hydrogen) atoms. The third-order valence-corrected chi connectivity index (χ3v) is 4.57. The first-order chi connectivity index (χ1) is 6.14. The molecule has 0 saturated carbocycles. The minimum absolute atomic E-state index is 0.0359. The molecule has 4 nitrogen and oxygen atoms in total. The fraction of sp³-hybridized carbons (Fsp3) is 1.00. The van der Waals surface area contributed by atoms with Gasteiger partial charge in [0, 0.05) is 18.3 Å². The Morgan fingerprint density at radius 3 is 2.85 bits per heavy atom. The highest BCUT2D eigenvalue weighted by molar-refractivity contribution is 7.99. The summed E-state index contributed by atoms with van der Waals surface area (Å²) in [6.45, 7) is 0.190. The first kappa shape index (κ1) is 11.3. The Labute approximate surface area is 83.7 Å². The Morgan fingerprint density at radius 1 is 1.54 bits per heavy atom. The van der Waals surface area contributed by atoms with Gasteiger partial charge in [0.1, 0.15) is 0 Å². The van der Waals surface area contributed by atoms with Crippen LogP contribution in [0.25, 0.3) is 0 Å². The van der Waals surface area contributed by atoms with Crippen LogP contribution in [0, 0.1) is 0 Å². The summed E-state index contributed by atoms with van der Waals surface area (Å²) in [4.78, 5) is 0. The summed E-state index contributed by atoms with van der Waals surface area (Å²) in [5.74, 6) is 2.08. The third-order valence-electron chi connectivity index (χ3n) is 1.89. The summed E-state index contributed by atoms with van der Waals surface area (Å²) >= 11 is 1.80. The second kappa shape index (κ2) is 5.19. The molecule has 3 N–H and O–H groups in total. The van der Waals surface area contributed by atoms with Gasteiger partial charge in [0.2, 0.25) is 10.0 Å². The lowest BCUT2D eigenvalue weighted by atomic mass is 10.2. The predicted molar refractivity (Wildman–Crippen MR) is 56.3 cm³/mol. The van der Waals surface area contributed by atoms with Gasteiger partial charge < -0.3 is 5.73 Å². The van der Waals surface area contributed by atoms with Gasteiger partial charge in [-0.1, -0.05) is 0 Å². The van der Waals surface area contributed by atoms with E-state index in [-0.39, 0.29) is 18.3 Å². The average molecular weight is 224 g/mol. The topological polar surface area (TPSA) is 72.2 Å². The first-order valence-electron chi connectivity index (χ1n) is 4.42. The maximum absolute atomic E-state index is 11.3. The molecule has 78 valence electrons. The summed E-state index contributed by atoms with van der Waals surface area (Å²) < 4.78 is 25.3. The number of hydrogen-bond acceptors (Lipinski definition) is 4. The number of nitrogens with two attached hydrogens (primary N) is 1. The Bertz CT molecular complexity index is 235. The van der Waals surface area contributed by atoms with Crippen molar-refractivity contribution in [1.29, 1.82) is 0 Å². The van der Waals surface area contributed by atoms with Gasteiger partial charge >= 0.3 is 0 Å². The van der Waals surface area contributed by atoms with E-state index in [2.05, 4.69) is 4.72 Å². The molecule has 0 aromatic rings. The van der Waals surface area contributed by atoms with Crippen LogP contribution in [0.5, 0.6) is 0 Å². The maximum Gasteiger partial charge on any atom is 0.213 e. The second-order valence-corrected chi connectivity index (χ2v) is 6.16. The second-order valence-electron chi connectivity index (χ2n) is 3.14. The highest BCUT2D eigenvalue weighted by Gasteiger charge is 2.19. The fourth-order valence-electron chi connectivity index (χ4n) is 1.30. The molecular weight excluding hydrogens is 208 g/mol. The summed E-state index contributed by atoms with van der Waals surface area (Å²) in [5.41, 5.74) is 5.20. The molecule has 1 heterocycles. The van der Waals surface area contributed by atoms with Gasteiger partial charge in [0.05, 0.1) is 5.75 Å². The van der Waals surface area contributed by atoms with Crippen LogP contribution in [0.2, 0.25) is 0 Å². The first-order valence-corrected chi connectivity index (χ1v) is 7.22. The van der Waals surface area contributed by atoms with Crippen LogP contribution in [0.3, 0.4) is 0 Å². The van der Waals surface area contributed by atoms with Gasteiger partial charge in [-0.2, -0.15) is 11.8 Å². The number of thioether (sulfide) groups is 1. The minimum Gasteiger partial charge on any atom is -0.329 e. The van der Waals surface area contributed by atoms with Crippen LogP contribution in [0.1, 0.15) is 12.8 Å². The fourth-order valence-corrected chi connectivity index (χ4v) is 3.62. The number of rotatable bonds is 4. The van der Waals surface area contributed by atoms with Crippen molar-refractivity contribution in [3.63, 3.8) is 0 Å².